The average Bonchev–Trinajstić information content (AvgIpc) is 2.42. The highest BCUT2D eigenvalue weighted by molar-refractivity contribution is 5.86. The van der Waals surface area contributed by atoms with E-state index in [0.29, 0.717) is 13.1 Å². The Morgan fingerprint density at radius 1 is 1.44 bits per heavy atom. The van der Waals surface area contributed by atoms with Crippen LogP contribution in [0.2, 0.25) is 0 Å². The van der Waals surface area contributed by atoms with Crippen molar-refractivity contribution in [2.24, 2.45) is 10.9 Å². The lowest BCUT2D eigenvalue weighted by molar-refractivity contribution is 0.206. The Bertz CT molecular complexity index is 406. The van der Waals surface area contributed by atoms with Crippen molar-refractivity contribution in [3.05, 3.63) is 35.9 Å². The molecular weight excluding hydrogens is 232 g/mol. The first-order chi connectivity index (χ1) is 8.67. The lowest BCUT2D eigenvalue weighted by Crippen LogP contribution is -2.44. The molecule has 0 spiro atoms. The molecule has 4 N–H and O–H groups in total. The number of nitrogens with two attached hydrogens (primary N) is 1. The minimum atomic E-state index is -0.243. The molecule has 2 amide bonds. The maximum absolute atomic E-state index is 11.8. The highest BCUT2D eigenvalue weighted by Gasteiger charge is 2.12. The molecule has 0 saturated heterocycles. The quantitative estimate of drug-likeness (QED) is 0.315. The number of benzene rings is 1. The van der Waals surface area contributed by atoms with Crippen LogP contribution in [-0.2, 0) is 6.54 Å². The van der Waals surface area contributed by atoms with Gasteiger partial charge in [-0.05, 0) is 12.5 Å². The summed E-state index contributed by atoms with van der Waals surface area (Å²) in [5.74, 6) is 0.00621. The molecule has 0 heterocycles. The van der Waals surface area contributed by atoms with Gasteiger partial charge in [0.25, 0.3) is 0 Å². The van der Waals surface area contributed by atoms with Gasteiger partial charge in [0.05, 0.1) is 6.54 Å². The molecule has 0 fully saturated rings. The fourth-order valence-electron chi connectivity index (χ4n) is 1.44. The first-order valence-corrected chi connectivity index (χ1v) is 5.70. The SMILES string of the molecule is CCN(C/C(N)=N/O)C(=O)NCc1ccccc1. The van der Waals surface area contributed by atoms with Gasteiger partial charge in [0.1, 0.15) is 0 Å². The minimum absolute atomic E-state index is 0.00621. The van der Waals surface area contributed by atoms with Gasteiger partial charge in [0.2, 0.25) is 0 Å². The van der Waals surface area contributed by atoms with Gasteiger partial charge in [-0.25, -0.2) is 4.79 Å². The van der Waals surface area contributed by atoms with Crippen LogP contribution in [0.3, 0.4) is 0 Å². The molecule has 0 aliphatic heterocycles. The summed E-state index contributed by atoms with van der Waals surface area (Å²) in [5.41, 5.74) is 6.39. The largest absolute Gasteiger partial charge is 0.409 e. The topological polar surface area (TPSA) is 90.9 Å². The summed E-state index contributed by atoms with van der Waals surface area (Å²) < 4.78 is 0. The Labute approximate surface area is 106 Å². The van der Waals surface area contributed by atoms with Crippen molar-refractivity contribution in [1.29, 1.82) is 0 Å². The molecule has 1 aromatic carbocycles. The number of carbonyl (C=O) groups excluding carboxylic acids is 1. The molecule has 0 radical (unpaired) electrons. The van der Waals surface area contributed by atoms with E-state index in [1.165, 1.54) is 4.90 Å². The number of amidine groups is 1. The van der Waals surface area contributed by atoms with Crippen LogP contribution in [0.15, 0.2) is 35.5 Å². The normalized spacial score (nSPS) is 11.1. The minimum Gasteiger partial charge on any atom is -0.409 e. The summed E-state index contributed by atoms with van der Waals surface area (Å²) in [6.07, 6.45) is 0. The summed E-state index contributed by atoms with van der Waals surface area (Å²) in [6.45, 7) is 2.86. The van der Waals surface area contributed by atoms with Crippen molar-refractivity contribution in [1.82, 2.24) is 10.2 Å². The number of hydrogen-bond acceptors (Lipinski definition) is 3. The van der Waals surface area contributed by atoms with Crippen molar-refractivity contribution in [3.8, 4) is 0 Å². The number of carbonyl (C=O) groups is 1. The molecule has 6 nitrogen and oxygen atoms in total. The number of amides is 2. The molecule has 18 heavy (non-hydrogen) atoms. The van der Waals surface area contributed by atoms with Crippen LogP contribution in [0.5, 0.6) is 0 Å². The van der Waals surface area contributed by atoms with Crippen molar-refractivity contribution < 1.29 is 10.0 Å². The maximum atomic E-state index is 11.8. The predicted octanol–water partition coefficient (Wildman–Crippen LogP) is 0.964. The fourth-order valence-corrected chi connectivity index (χ4v) is 1.44. The van der Waals surface area contributed by atoms with E-state index in [9.17, 15) is 4.79 Å². The van der Waals surface area contributed by atoms with Gasteiger partial charge >= 0.3 is 6.03 Å². The van der Waals surface area contributed by atoms with Crippen LogP contribution < -0.4 is 11.1 Å². The van der Waals surface area contributed by atoms with E-state index >= 15 is 0 Å². The Morgan fingerprint density at radius 3 is 2.67 bits per heavy atom. The van der Waals surface area contributed by atoms with E-state index in [-0.39, 0.29) is 18.4 Å². The van der Waals surface area contributed by atoms with E-state index in [1.54, 1.807) is 0 Å². The second-order valence-electron chi connectivity index (χ2n) is 3.75. The molecule has 0 saturated carbocycles. The van der Waals surface area contributed by atoms with Gasteiger partial charge in [0.15, 0.2) is 5.84 Å². The first-order valence-electron chi connectivity index (χ1n) is 5.70. The number of likely N-dealkylation sites (N-methyl/N-ethyl adjacent to an activating group) is 1. The third-order valence-corrected chi connectivity index (χ3v) is 2.44. The molecule has 1 aromatic rings. The van der Waals surface area contributed by atoms with Gasteiger partial charge < -0.3 is 21.2 Å². The number of hydrogen-bond donors (Lipinski definition) is 3. The molecule has 0 atom stereocenters. The van der Waals surface area contributed by atoms with E-state index in [1.807, 2.05) is 37.3 Å². The van der Waals surface area contributed by atoms with Gasteiger partial charge in [0, 0.05) is 13.1 Å². The van der Waals surface area contributed by atoms with Crippen molar-refractivity contribution in [2.45, 2.75) is 13.5 Å². The second-order valence-corrected chi connectivity index (χ2v) is 3.75. The van der Waals surface area contributed by atoms with E-state index in [0.717, 1.165) is 5.56 Å². The van der Waals surface area contributed by atoms with E-state index in [2.05, 4.69) is 10.5 Å². The zero-order chi connectivity index (χ0) is 13.4. The van der Waals surface area contributed by atoms with Crippen LogP contribution >= 0.6 is 0 Å². The molecule has 98 valence electrons. The first kappa shape index (κ1) is 13.8. The average molecular weight is 250 g/mol. The van der Waals surface area contributed by atoms with Crippen LogP contribution in [-0.4, -0.2) is 35.1 Å². The van der Waals surface area contributed by atoms with Crippen molar-refractivity contribution in [2.75, 3.05) is 13.1 Å². The summed E-state index contributed by atoms with van der Waals surface area (Å²) in [6, 6.07) is 9.36. The monoisotopic (exact) mass is 250 g/mol. The molecule has 0 aliphatic rings. The number of nitrogens with zero attached hydrogens (tertiary/aromatic N) is 2. The summed E-state index contributed by atoms with van der Waals surface area (Å²) in [7, 11) is 0. The smallest absolute Gasteiger partial charge is 0.318 e. The third kappa shape index (κ3) is 4.32. The van der Waals surface area contributed by atoms with Crippen LogP contribution in [0.25, 0.3) is 0 Å². The molecule has 0 aliphatic carbocycles. The highest BCUT2D eigenvalue weighted by atomic mass is 16.4. The number of nitrogens with one attached hydrogen (secondary N) is 1. The van der Waals surface area contributed by atoms with Crippen LogP contribution in [0.1, 0.15) is 12.5 Å². The molecular formula is C12H18N4O2. The lowest BCUT2D eigenvalue weighted by Gasteiger charge is -2.20. The van der Waals surface area contributed by atoms with Gasteiger partial charge in [-0.2, -0.15) is 0 Å². The Hall–Kier alpha value is -2.24. The van der Waals surface area contributed by atoms with Gasteiger partial charge in [-0.3, -0.25) is 0 Å². The van der Waals surface area contributed by atoms with E-state index < -0.39 is 0 Å². The standard InChI is InChI=1S/C12H18N4O2/c1-2-16(9-11(13)15-18)12(17)14-8-10-6-4-3-5-7-10/h3-7,18H,2,8-9H2,1H3,(H2,13,15)(H,14,17). The highest BCUT2D eigenvalue weighted by Crippen LogP contribution is 1.98. The fraction of sp³-hybridized carbons (Fsp3) is 0.333. The second kappa shape index (κ2) is 7.16. The van der Waals surface area contributed by atoms with E-state index in [4.69, 9.17) is 10.9 Å². The summed E-state index contributed by atoms with van der Waals surface area (Å²) in [5, 5.41) is 14.1. The molecule has 6 heteroatoms. The van der Waals surface area contributed by atoms with Gasteiger partial charge in [-0.15, -0.1) is 0 Å². The third-order valence-electron chi connectivity index (χ3n) is 2.44. The zero-order valence-electron chi connectivity index (χ0n) is 10.3. The van der Waals surface area contributed by atoms with Crippen molar-refractivity contribution >= 4 is 11.9 Å². The number of oxime groups is 1. The number of rotatable bonds is 5. The number of urea groups is 1. The molecule has 1 rings (SSSR count). The Kier molecular flexibility index (Phi) is 5.50. The predicted molar refractivity (Wildman–Crippen MR) is 69.3 cm³/mol. The van der Waals surface area contributed by atoms with Gasteiger partial charge in [-0.1, -0.05) is 35.5 Å². The zero-order valence-corrected chi connectivity index (χ0v) is 10.3. The Morgan fingerprint density at radius 2 is 2.11 bits per heavy atom. The van der Waals surface area contributed by atoms with Crippen LogP contribution in [0, 0.1) is 0 Å². The molecule has 0 bridgehead atoms. The molecule has 0 unspecified atom stereocenters. The lowest BCUT2D eigenvalue weighted by atomic mass is 10.2. The summed E-state index contributed by atoms with van der Waals surface area (Å²) in [4.78, 5) is 13.3. The maximum Gasteiger partial charge on any atom is 0.318 e. The van der Waals surface area contributed by atoms with Crippen LogP contribution in [0.4, 0.5) is 4.79 Å². The summed E-state index contributed by atoms with van der Waals surface area (Å²) >= 11 is 0. The Balaban J connectivity index is 2.48. The molecule has 0 aromatic heterocycles. The van der Waals surface area contributed by atoms with Crippen molar-refractivity contribution in [3.63, 3.8) is 0 Å².